The van der Waals surface area contributed by atoms with E-state index in [-0.39, 0.29) is 0 Å². The first-order valence-corrected chi connectivity index (χ1v) is 7.91. The molecule has 3 aromatic rings. The van der Waals surface area contributed by atoms with Gasteiger partial charge in [-0.3, -0.25) is 4.68 Å². The summed E-state index contributed by atoms with van der Waals surface area (Å²) in [7, 11) is 0. The lowest BCUT2D eigenvalue weighted by Crippen LogP contribution is -2.23. The first kappa shape index (κ1) is 14.2. The molecule has 0 radical (unpaired) electrons. The molecule has 1 aliphatic rings. The number of nitrogens with zero attached hydrogens (tertiary/aromatic N) is 6. The van der Waals surface area contributed by atoms with Crippen LogP contribution in [0.5, 0.6) is 0 Å². The van der Waals surface area contributed by atoms with E-state index in [1.807, 2.05) is 20.8 Å². The Kier molecular flexibility index (Phi) is 3.11. The molecule has 3 aromatic heterocycles. The predicted octanol–water partition coefficient (Wildman–Crippen LogP) is 2.50. The van der Waals surface area contributed by atoms with Gasteiger partial charge in [-0.1, -0.05) is 5.16 Å². The molecule has 4 heterocycles. The summed E-state index contributed by atoms with van der Waals surface area (Å²) in [5.74, 6) is 1.63. The second-order valence-corrected chi connectivity index (χ2v) is 6.30. The lowest BCUT2D eigenvalue weighted by molar-refractivity contribution is 0.442. The Labute approximate surface area is 134 Å². The van der Waals surface area contributed by atoms with Crippen molar-refractivity contribution in [1.82, 2.24) is 24.9 Å². The lowest BCUT2D eigenvalue weighted by atomic mass is 10.2. The third kappa shape index (κ3) is 2.27. The number of aryl methyl sites for hydroxylation is 4. The number of hydrogen-bond donors (Lipinski definition) is 0. The maximum absolute atomic E-state index is 5.32. The van der Waals surface area contributed by atoms with Gasteiger partial charge in [0, 0.05) is 18.8 Å². The van der Waals surface area contributed by atoms with Crippen LogP contribution in [0.15, 0.2) is 10.6 Å². The van der Waals surface area contributed by atoms with Crippen molar-refractivity contribution in [2.75, 3.05) is 18.0 Å². The van der Waals surface area contributed by atoms with Crippen LogP contribution in [0.2, 0.25) is 0 Å². The molecule has 0 N–H and O–H groups in total. The van der Waals surface area contributed by atoms with Gasteiger partial charge in [0.2, 0.25) is 0 Å². The maximum atomic E-state index is 5.32. The fourth-order valence-electron chi connectivity index (χ4n) is 3.45. The predicted molar refractivity (Wildman–Crippen MR) is 86.6 cm³/mol. The molecule has 0 saturated carbocycles. The summed E-state index contributed by atoms with van der Waals surface area (Å²) < 4.78 is 7.46. The van der Waals surface area contributed by atoms with Gasteiger partial charge in [0.1, 0.15) is 17.0 Å². The summed E-state index contributed by atoms with van der Waals surface area (Å²) in [6, 6.07) is 2.49. The van der Waals surface area contributed by atoms with Gasteiger partial charge in [-0.25, -0.2) is 4.98 Å². The zero-order chi connectivity index (χ0) is 16.1. The summed E-state index contributed by atoms with van der Waals surface area (Å²) >= 11 is 0. The van der Waals surface area contributed by atoms with Crippen LogP contribution in [0.3, 0.4) is 0 Å². The van der Waals surface area contributed by atoms with E-state index in [4.69, 9.17) is 4.52 Å². The smallest absolute Gasteiger partial charge is 0.263 e. The highest BCUT2D eigenvalue weighted by molar-refractivity contribution is 5.88. The molecule has 0 bridgehead atoms. The largest absolute Gasteiger partial charge is 0.354 e. The van der Waals surface area contributed by atoms with Crippen molar-refractivity contribution < 1.29 is 4.52 Å². The fraction of sp³-hybridized carbons (Fsp3) is 0.500. The average Bonchev–Trinajstić information content (AvgIpc) is 3.18. The van der Waals surface area contributed by atoms with Crippen LogP contribution >= 0.6 is 0 Å². The van der Waals surface area contributed by atoms with Gasteiger partial charge in [-0.05, 0) is 40.2 Å². The van der Waals surface area contributed by atoms with E-state index in [9.17, 15) is 0 Å². The molecule has 0 aliphatic carbocycles. The van der Waals surface area contributed by atoms with E-state index >= 15 is 0 Å². The van der Waals surface area contributed by atoms with Crippen molar-refractivity contribution in [1.29, 1.82) is 0 Å². The third-order valence-corrected chi connectivity index (χ3v) is 4.45. The van der Waals surface area contributed by atoms with E-state index in [1.165, 1.54) is 5.69 Å². The zero-order valence-corrected chi connectivity index (χ0v) is 13.9. The number of aromatic nitrogens is 5. The Hall–Kier alpha value is -2.44. The second-order valence-electron chi connectivity index (χ2n) is 6.30. The van der Waals surface area contributed by atoms with Gasteiger partial charge in [-0.2, -0.15) is 10.1 Å². The molecule has 7 nitrogen and oxygen atoms in total. The lowest BCUT2D eigenvalue weighted by Gasteiger charge is -2.19. The highest BCUT2D eigenvalue weighted by atomic mass is 16.5. The van der Waals surface area contributed by atoms with Crippen LogP contribution in [-0.2, 0) is 0 Å². The molecule has 1 aliphatic heterocycles. The molecular formula is C16H20N6O. The Bertz CT molecular complexity index is 880. The van der Waals surface area contributed by atoms with Crippen LogP contribution in [0.4, 0.5) is 5.82 Å². The zero-order valence-electron chi connectivity index (χ0n) is 13.9. The van der Waals surface area contributed by atoms with Crippen molar-refractivity contribution in [3.63, 3.8) is 0 Å². The molecule has 7 heteroatoms. The van der Waals surface area contributed by atoms with E-state index in [0.717, 1.165) is 42.1 Å². The molecule has 1 saturated heterocycles. The topological polar surface area (TPSA) is 72.9 Å². The summed E-state index contributed by atoms with van der Waals surface area (Å²) in [6.45, 7) is 9.79. The van der Waals surface area contributed by atoms with Gasteiger partial charge < -0.3 is 9.42 Å². The molecule has 0 unspecified atom stereocenters. The van der Waals surface area contributed by atoms with Gasteiger partial charge in [0.05, 0.1) is 17.4 Å². The molecular weight excluding hydrogens is 292 g/mol. The number of fused-ring (bicyclic) bond motifs is 1. The van der Waals surface area contributed by atoms with Gasteiger partial charge >= 0.3 is 0 Å². The molecule has 0 aromatic carbocycles. The van der Waals surface area contributed by atoms with Gasteiger partial charge in [0.15, 0.2) is 0 Å². The second kappa shape index (κ2) is 5.04. The SMILES string of the molecule is Cc1cc(C)n([C@H]2CCN(c3nc(C)nc4onc(C)c34)C2)n1. The van der Waals surface area contributed by atoms with E-state index in [1.54, 1.807) is 0 Å². The van der Waals surface area contributed by atoms with E-state index < -0.39 is 0 Å². The van der Waals surface area contributed by atoms with E-state index in [0.29, 0.717) is 17.6 Å². The average molecular weight is 312 g/mol. The molecule has 0 amide bonds. The van der Waals surface area contributed by atoms with Crippen molar-refractivity contribution in [2.24, 2.45) is 0 Å². The number of hydrogen-bond acceptors (Lipinski definition) is 6. The molecule has 120 valence electrons. The minimum atomic E-state index is 0.370. The molecule has 0 spiro atoms. The van der Waals surface area contributed by atoms with Crippen molar-refractivity contribution in [3.05, 3.63) is 29.0 Å². The number of anilines is 1. The van der Waals surface area contributed by atoms with Crippen LogP contribution in [0.25, 0.3) is 11.1 Å². The Morgan fingerprint density at radius 2 is 2.00 bits per heavy atom. The molecule has 1 fully saturated rings. The summed E-state index contributed by atoms with van der Waals surface area (Å²) in [6.07, 6.45) is 1.05. The van der Waals surface area contributed by atoms with Crippen LogP contribution in [0, 0.1) is 27.7 Å². The van der Waals surface area contributed by atoms with Crippen molar-refractivity contribution >= 4 is 16.9 Å². The van der Waals surface area contributed by atoms with Crippen molar-refractivity contribution in [3.8, 4) is 0 Å². The van der Waals surface area contributed by atoms with Crippen LogP contribution in [0.1, 0.15) is 35.4 Å². The molecule has 4 rings (SSSR count). The minimum Gasteiger partial charge on any atom is -0.354 e. The highest BCUT2D eigenvalue weighted by Gasteiger charge is 2.29. The first-order chi connectivity index (χ1) is 11.0. The maximum Gasteiger partial charge on any atom is 0.263 e. The first-order valence-electron chi connectivity index (χ1n) is 7.91. The van der Waals surface area contributed by atoms with Gasteiger partial charge in [0.25, 0.3) is 5.71 Å². The standard InChI is InChI=1S/C16H20N6O/c1-9-7-10(2)22(19-9)13-5-6-21(8-13)15-14-11(3)20-23-16(14)18-12(4)17-15/h7,13H,5-6,8H2,1-4H3/t13-/m0/s1. The minimum absolute atomic E-state index is 0.370. The molecule has 23 heavy (non-hydrogen) atoms. The van der Waals surface area contributed by atoms with Crippen LogP contribution < -0.4 is 4.90 Å². The Morgan fingerprint density at radius 3 is 2.74 bits per heavy atom. The monoisotopic (exact) mass is 312 g/mol. The summed E-state index contributed by atoms with van der Waals surface area (Å²) in [5.41, 5.74) is 3.68. The van der Waals surface area contributed by atoms with Gasteiger partial charge in [-0.15, -0.1) is 0 Å². The quantitative estimate of drug-likeness (QED) is 0.724. The molecule has 1 atom stereocenters. The van der Waals surface area contributed by atoms with Crippen molar-refractivity contribution in [2.45, 2.75) is 40.2 Å². The van der Waals surface area contributed by atoms with E-state index in [2.05, 4.69) is 42.8 Å². The normalized spacial score (nSPS) is 18.3. The highest BCUT2D eigenvalue weighted by Crippen LogP contribution is 2.32. The Morgan fingerprint density at radius 1 is 1.17 bits per heavy atom. The number of rotatable bonds is 2. The third-order valence-electron chi connectivity index (χ3n) is 4.45. The van der Waals surface area contributed by atoms with Crippen LogP contribution in [-0.4, -0.2) is 38.0 Å². The summed E-state index contributed by atoms with van der Waals surface area (Å²) in [5, 5.41) is 9.60. The Balaban J connectivity index is 1.70. The fourth-order valence-corrected chi connectivity index (χ4v) is 3.45. The summed E-state index contributed by atoms with van der Waals surface area (Å²) in [4.78, 5) is 11.3.